The van der Waals surface area contributed by atoms with Crippen molar-refractivity contribution >= 4 is 15.7 Å². The zero-order valence-electron chi connectivity index (χ0n) is 22.0. The van der Waals surface area contributed by atoms with Crippen molar-refractivity contribution in [2.75, 3.05) is 30.3 Å². The van der Waals surface area contributed by atoms with E-state index in [-0.39, 0.29) is 53.2 Å². The molecule has 1 atom stereocenters. The Labute approximate surface area is 226 Å². The Morgan fingerprint density at radius 3 is 2.62 bits per heavy atom. The van der Waals surface area contributed by atoms with Gasteiger partial charge in [-0.15, -0.1) is 0 Å². The van der Waals surface area contributed by atoms with Crippen molar-refractivity contribution in [3.05, 3.63) is 70.9 Å². The minimum Gasteiger partial charge on any atom is -0.486 e. The van der Waals surface area contributed by atoms with Gasteiger partial charge in [0.1, 0.15) is 23.9 Å². The normalized spacial score (nSPS) is 17.9. The molecule has 0 radical (unpaired) electrons. The Bertz CT molecular complexity index is 1490. The highest BCUT2D eigenvalue weighted by Crippen LogP contribution is 2.39. The molecule has 11 heteroatoms. The molecule has 0 aliphatic carbocycles. The van der Waals surface area contributed by atoms with Gasteiger partial charge in [0.15, 0.2) is 17.4 Å². The van der Waals surface area contributed by atoms with Crippen LogP contribution in [0.25, 0.3) is 11.3 Å². The Balaban J connectivity index is 1.40. The summed E-state index contributed by atoms with van der Waals surface area (Å²) in [6, 6.07) is 7.58. The lowest BCUT2D eigenvalue weighted by molar-refractivity contribution is 0.285. The molecule has 1 aromatic heterocycles. The molecule has 2 aliphatic rings. The molecule has 7 nitrogen and oxygen atoms in total. The molecule has 0 spiro atoms. The Hall–Kier alpha value is -3.18. The van der Waals surface area contributed by atoms with E-state index in [9.17, 15) is 17.2 Å². The molecule has 2 aromatic carbocycles. The number of aromatic nitrogens is 2. The molecule has 39 heavy (non-hydrogen) atoms. The second-order valence-electron chi connectivity index (χ2n) is 10.0. The Morgan fingerprint density at radius 1 is 1.05 bits per heavy atom. The molecule has 3 aromatic rings. The van der Waals surface area contributed by atoms with Gasteiger partial charge in [-0.25, -0.2) is 31.6 Å². The first kappa shape index (κ1) is 27.4. The molecule has 5 rings (SSSR count). The van der Waals surface area contributed by atoms with Crippen molar-refractivity contribution in [3.8, 4) is 17.0 Å². The van der Waals surface area contributed by atoms with E-state index < -0.39 is 27.5 Å². The largest absolute Gasteiger partial charge is 0.486 e. The van der Waals surface area contributed by atoms with E-state index in [1.54, 1.807) is 18.2 Å². The zero-order chi connectivity index (χ0) is 27.7. The van der Waals surface area contributed by atoms with Gasteiger partial charge in [-0.05, 0) is 49.9 Å². The van der Waals surface area contributed by atoms with Gasteiger partial charge >= 0.3 is 0 Å². The maximum absolute atomic E-state index is 15.0. The van der Waals surface area contributed by atoms with Gasteiger partial charge in [-0.2, -0.15) is 4.31 Å². The molecular weight excluding hydrogens is 529 g/mol. The monoisotopic (exact) mass is 560 g/mol. The summed E-state index contributed by atoms with van der Waals surface area (Å²) in [6.45, 7) is 5.39. The summed E-state index contributed by atoms with van der Waals surface area (Å²) in [4.78, 5) is 10.5. The first-order chi connectivity index (χ1) is 18.7. The van der Waals surface area contributed by atoms with Gasteiger partial charge in [-0.1, -0.05) is 19.1 Å². The van der Waals surface area contributed by atoms with Crippen LogP contribution >= 0.6 is 0 Å². The highest BCUT2D eigenvalue weighted by Gasteiger charge is 2.28. The average molecular weight is 561 g/mol. The molecule has 0 N–H and O–H groups in total. The van der Waals surface area contributed by atoms with Gasteiger partial charge in [0.05, 0.1) is 24.2 Å². The number of fused-ring (bicyclic) bond motifs is 1. The van der Waals surface area contributed by atoms with Crippen molar-refractivity contribution in [3.63, 3.8) is 0 Å². The van der Waals surface area contributed by atoms with E-state index in [2.05, 4.69) is 9.97 Å². The number of sulfonamides is 1. The van der Waals surface area contributed by atoms with E-state index in [0.717, 1.165) is 19.0 Å². The summed E-state index contributed by atoms with van der Waals surface area (Å²) in [5.41, 5.74) is 1.59. The summed E-state index contributed by atoms with van der Waals surface area (Å²) >= 11 is 0. The molecule has 0 saturated carbocycles. The van der Waals surface area contributed by atoms with Crippen LogP contribution in [0, 0.1) is 17.5 Å². The predicted octanol–water partition coefficient (Wildman–Crippen LogP) is 5.07. The summed E-state index contributed by atoms with van der Waals surface area (Å²) in [5, 5.41) is 0. The topological polar surface area (TPSA) is 75.6 Å². The molecule has 1 saturated heterocycles. The standard InChI is InChI=1S/C28H31F3N4O3S/c1-3-18(2)35-9-10-38-28-23(30)14-21(15-25(28)35)27-24(31)16-32-26(33-27)13-19-6-7-20(22(29)12-19)17-34-8-4-5-11-39(34,36)37/h6-7,12,14-16,18H,3-5,8-11,13,17H2,1-2H3. The fourth-order valence-electron chi connectivity index (χ4n) is 5.03. The molecule has 0 bridgehead atoms. The molecule has 2 aliphatic heterocycles. The van der Waals surface area contributed by atoms with Crippen LogP contribution in [0.2, 0.25) is 0 Å². The van der Waals surface area contributed by atoms with Crippen LogP contribution in [0.3, 0.4) is 0 Å². The highest BCUT2D eigenvalue weighted by atomic mass is 32.2. The lowest BCUT2D eigenvalue weighted by Crippen LogP contribution is -2.39. The number of halogens is 3. The van der Waals surface area contributed by atoms with Gasteiger partial charge in [0.25, 0.3) is 0 Å². The highest BCUT2D eigenvalue weighted by molar-refractivity contribution is 7.89. The second-order valence-corrected chi connectivity index (χ2v) is 12.1. The van der Waals surface area contributed by atoms with Crippen LogP contribution in [-0.2, 0) is 23.0 Å². The molecule has 1 unspecified atom stereocenters. The number of anilines is 1. The Morgan fingerprint density at radius 2 is 1.87 bits per heavy atom. The smallest absolute Gasteiger partial charge is 0.214 e. The van der Waals surface area contributed by atoms with Crippen LogP contribution in [-0.4, -0.2) is 54.2 Å². The Kier molecular flexibility index (Phi) is 7.82. The van der Waals surface area contributed by atoms with Crippen LogP contribution in [0.5, 0.6) is 5.75 Å². The molecule has 1 fully saturated rings. The number of ether oxygens (including phenoxy) is 1. The van der Waals surface area contributed by atoms with Crippen molar-refractivity contribution in [1.82, 2.24) is 14.3 Å². The van der Waals surface area contributed by atoms with Gasteiger partial charge < -0.3 is 9.64 Å². The first-order valence-electron chi connectivity index (χ1n) is 13.2. The third kappa shape index (κ3) is 5.74. The number of benzene rings is 2. The summed E-state index contributed by atoms with van der Waals surface area (Å²) in [5.74, 6) is -1.36. The number of hydrogen-bond acceptors (Lipinski definition) is 6. The first-order valence-corrected chi connectivity index (χ1v) is 14.8. The number of hydrogen-bond donors (Lipinski definition) is 0. The zero-order valence-corrected chi connectivity index (χ0v) is 22.8. The van der Waals surface area contributed by atoms with Crippen molar-refractivity contribution < 1.29 is 26.3 Å². The second kappa shape index (κ2) is 11.1. The third-order valence-electron chi connectivity index (χ3n) is 7.38. The maximum Gasteiger partial charge on any atom is 0.214 e. The minimum absolute atomic E-state index is 0.0209. The van der Waals surface area contributed by atoms with Crippen molar-refractivity contribution in [2.45, 2.75) is 52.1 Å². The van der Waals surface area contributed by atoms with E-state index >= 15 is 4.39 Å². The average Bonchev–Trinajstić information content (AvgIpc) is 2.91. The van der Waals surface area contributed by atoms with E-state index in [4.69, 9.17) is 4.74 Å². The summed E-state index contributed by atoms with van der Waals surface area (Å²) in [6.07, 6.45) is 3.36. The van der Waals surface area contributed by atoms with Crippen LogP contribution in [0.1, 0.15) is 50.1 Å². The van der Waals surface area contributed by atoms with Crippen LogP contribution < -0.4 is 9.64 Å². The van der Waals surface area contributed by atoms with Gasteiger partial charge in [0.2, 0.25) is 10.0 Å². The quantitative estimate of drug-likeness (QED) is 0.402. The minimum atomic E-state index is -3.38. The lowest BCUT2D eigenvalue weighted by atomic mass is 10.0. The van der Waals surface area contributed by atoms with Crippen molar-refractivity contribution in [1.29, 1.82) is 0 Å². The summed E-state index contributed by atoms with van der Waals surface area (Å²) in [7, 11) is -3.38. The molecular formula is C28H31F3N4O3S. The molecule has 208 valence electrons. The molecule has 0 amide bonds. The fourth-order valence-corrected chi connectivity index (χ4v) is 6.60. The predicted molar refractivity (Wildman–Crippen MR) is 143 cm³/mol. The molecule has 3 heterocycles. The van der Waals surface area contributed by atoms with Crippen LogP contribution in [0.15, 0.2) is 36.5 Å². The number of rotatable bonds is 7. The lowest BCUT2D eigenvalue weighted by Gasteiger charge is -2.36. The van der Waals surface area contributed by atoms with Crippen LogP contribution in [0.4, 0.5) is 18.9 Å². The van der Waals surface area contributed by atoms with E-state index in [0.29, 0.717) is 37.4 Å². The third-order valence-corrected chi connectivity index (χ3v) is 9.28. The van der Waals surface area contributed by atoms with Gasteiger partial charge in [0, 0.05) is 36.7 Å². The maximum atomic E-state index is 15.0. The van der Waals surface area contributed by atoms with E-state index in [1.807, 2.05) is 18.7 Å². The van der Waals surface area contributed by atoms with Crippen molar-refractivity contribution in [2.24, 2.45) is 0 Å². The van der Waals surface area contributed by atoms with E-state index in [1.165, 1.54) is 16.4 Å². The summed E-state index contributed by atoms with van der Waals surface area (Å²) < 4.78 is 76.3. The SMILES string of the molecule is CCC(C)N1CCOc2c(F)cc(-c3nc(Cc4ccc(CN5CCCCS5(=O)=O)c(F)c4)ncc3F)cc21. The van der Waals surface area contributed by atoms with Gasteiger partial charge in [-0.3, -0.25) is 0 Å². The number of nitrogens with zero attached hydrogens (tertiary/aromatic N) is 4. The fraction of sp³-hybridized carbons (Fsp3) is 0.429.